The van der Waals surface area contributed by atoms with Gasteiger partial charge in [-0.25, -0.2) is 0 Å². The van der Waals surface area contributed by atoms with Crippen molar-refractivity contribution in [2.24, 2.45) is 5.73 Å². The average molecular weight is 227 g/mol. The molecule has 1 heterocycles. The maximum absolute atomic E-state index is 6.30. The largest absolute Gasteiger partial charge is 0.464 e. The van der Waals surface area contributed by atoms with E-state index in [9.17, 15) is 0 Å². The van der Waals surface area contributed by atoms with Crippen molar-refractivity contribution in [3.05, 3.63) is 58.5 Å². The van der Waals surface area contributed by atoms with Gasteiger partial charge in [0.15, 0.2) is 0 Å². The molecule has 0 radical (unpaired) electrons. The molecule has 2 heteroatoms. The highest BCUT2D eigenvalue weighted by Crippen LogP contribution is 2.42. The normalized spacial score (nSPS) is 19.6. The summed E-state index contributed by atoms with van der Waals surface area (Å²) in [6.45, 7) is 4.05. The summed E-state index contributed by atoms with van der Waals surface area (Å²) < 4.78 is 5.72. The lowest BCUT2D eigenvalue weighted by Gasteiger charge is -2.33. The van der Waals surface area contributed by atoms with Gasteiger partial charge < -0.3 is 10.2 Å². The second-order valence-corrected chi connectivity index (χ2v) is 4.92. The number of hydrogen-bond acceptors (Lipinski definition) is 2. The zero-order valence-electron chi connectivity index (χ0n) is 10.2. The maximum atomic E-state index is 6.30. The molecule has 0 aliphatic heterocycles. The third-order valence-corrected chi connectivity index (χ3v) is 3.84. The van der Waals surface area contributed by atoms with Crippen LogP contribution in [0.3, 0.4) is 0 Å². The molecular weight excluding hydrogens is 210 g/mol. The molecule has 1 aliphatic rings. The van der Waals surface area contributed by atoms with Gasteiger partial charge in [0, 0.05) is 5.92 Å². The first-order valence-corrected chi connectivity index (χ1v) is 6.07. The molecule has 0 saturated heterocycles. The number of fused-ring (bicyclic) bond motifs is 1. The van der Waals surface area contributed by atoms with Gasteiger partial charge in [-0.15, -0.1) is 0 Å². The Morgan fingerprint density at radius 3 is 2.71 bits per heavy atom. The van der Waals surface area contributed by atoms with Gasteiger partial charge in [-0.1, -0.05) is 24.3 Å². The van der Waals surface area contributed by atoms with Crippen molar-refractivity contribution in [1.82, 2.24) is 0 Å². The van der Waals surface area contributed by atoms with Crippen LogP contribution in [0.5, 0.6) is 0 Å². The summed E-state index contributed by atoms with van der Waals surface area (Å²) in [7, 11) is 0. The molecule has 17 heavy (non-hydrogen) atoms. The Hall–Kier alpha value is -1.54. The Morgan fingerprint density at radius 1 is 1.29 bits per heavy atom. The molecule has 1 aromatic carbocycles. The predicted octanol–water partition coefficient (Wildman–Crippen LogP) is 3.24. The van der Waals surface area contributed by atoms with E-state index >= 15 is 0 Å². The Kier molecular flexibility index (Phi) is 2.33. The summed E-state index contributed by atoms with van der Waals surface area (Å²) in [6, 6.07) is 10.6. The Bertz CT molecular complexity index is 536. The SMILES string of the molecule is Cc1cc(C(N)C2Cc3ccccc32)oc1C. The minimum absolute atomic E-state index is 0.0164. The minimum Gasteiger partial charge on any atom is -0.464 e. The molecular formula is C15H17NO. The monoisotopic (exact) mass is 227 g/mol. The molecule has 1 aromatic heterocycles. The second-order valence-electron chi connectivity index (χ2n) is 4.92. The molecule has 0 spiro atoms. The van der Waals surface area contributed by atoms with Crippen LogP contribution in [0.1, 0.15) is 40.2 Å². The van der Waals surface area contributed by atoms with Gasteiger partial charge in [0.05, 0.1) is 6.04 Å². The Labute approximate surface area is 101 Å². The van der Waals surface area contributed by atoms with Crippen LogP contribution in [-0.2, 0) is 6.42 Å². The van der Waals surface area contributed by atoms with E-state index in [1.807, 2.05) is 6.92 Å². The standard InChI is InChI=1S/C15H17NO/c1-9-7-14(17-10(9)2)15(16)13-8-11-5-3-4-6-12(11)13/h3-7,13,15H,8,16H2,1-2H3. The summed E-state index contributed by atoms with van der Waals surface area (Å²) in [5.41, 5.74) is 10.3. The van der Waals surface area contributed by atoms with Gasteiger partial charge in [-0.05, 0) is 43.0 Å². The first-order chi connectivity index (χ1) is 8.16. The van der Waals surface area contributed by atoms with Gasteiger partial charge in [0.1, 0.15) is 11.5 Å². The van der Waals surface area contributed by atoms with E-state index < -0.39 is 0 Å². The van der Waals surface area contributed by atoms with Crippen LogP contribution >= 0.6 is 0 Å². The van der Waals surface area contributed by atoms with Crippen LogP contribution in [0, 0.1) is 13.8 Å². The molecule has 3 rings (SSSR count). The minimum atomic E-state index is -0.0164. The third-order valence-electron chi connectivity index (χ3n) is 3.84. The first-order valence-electron chi connectivity index (χ1n) is 6.07. The highest BCUT2D eigenvalue weighted by Gasteiger charge is 2.33. The first kappa shape index (κ1) is 10.6. The van der Waals surface area contributed by atoms with Gasteiger partial charge >= 0.3 is 0 Å². The van der Waals surface area contributed by atoms with Crippen molar-refractivity contribution in [2.45, 2.75) is 32.2 Å². The number of benzene rings is 1. The van der Waals surface area contributed by atoms with E-state index in [4.69, 9.17) is 10.2 Å². The number of hydrogen-bond donors (Lipinski definition) is 1. The molecule has 2 N–H and O–H groups in total. The van der Waals surface area contributed by atoms with Gasteiger partial charge in [-0.2, -0.15) is 0 Å². The maximum Gasteiger partial charge on any atom is 0.121 e. The van der Waals surface area contributed by atoms with Crippen LogP contribution in [-0.4, -0.2) is 0 Å². The quantitative estimate of drug-likeness (QED) is 0.855. The molecule has 0 saturated carbocycles. The molecule has 0 amide bonds. The number of aryl methyl sites for hydroxylation is 2. The predicted molar refractivity (Wildman–Crippen MR) is 68.0 cm³/mol. The van der Waals surface area contributed by atoms with Crippen molar-refractivity contribution in [3.8, 4) is 0 Å². The molecule has 2 aromatic rings. The van der Waals surface area contributed by atoms with E-state index in [1.165, 1.54) is 16.7 Å². The lowest BCUT2D eigenvalue weighted by molar-refractivity contribution is 0.391. The zero-order valence-corrected chi connectivity index (χ0v) is 10.2. The van der Waals surface area contributed by atoms with E-state index in [1.54, 1.807) is 0 Å². The number of nitrogens with two attached hydrogens (primary N) is 1. The van der Waals surface area contributed by atoms with Crippen LogP contribution in [0.15, 0.2) is 34.7 Å². The molecule has 1 aliphatic carbocycles. The van der Waals surface area contributed by atoms with Crippen molar-refractivity contribution >= 4 is 0 Å². The zero-order chi connectivity index (χ0) is 12.0. The summed E-state index contributed by atoms with van der Waals surface area (Å²) in [5, 5.41) is 0. The van der Waals surface area contributed by atoms with Crippen LogP contribution in [0.4, 0.5) is 0 Å². The van der Waals surface area contributed by atoms with Gasteiger partial charge in [0.2, 0.25) is 0 Å². The lowest BCUT2D eigenvalue weighted by Crippen LogP contribution is -2.28. The lowest BCUT2D eigenvalue weighted by atomic mass is 9.73. The Morgan fingerprint density at radius 2 is 2.06 bits per heavy atom. The van der Waals surface area contributed by atoms with Crippen LogP contribution < -0.4 is 5.73 Å². The van der Waals surface area contributed by atoms with Crippen molar-refractivity contribution < 1.29 is 4.42 Å². The molecule has 0 bridgehead atoms. The van der Waals surface area contributed by atoms with Crippen LogP contribution in [0.25, 0.3) is 0 Å². The molecule has 0 fully saturated rings. The fourth-order valence-corrected chi connectivity index (χ4v) is 2.58. The van der Waals surface area contributed by atoms with Crippen molar-refractivity contribution in [1.29, 1.82) is 0 Å². The van der Waals surface area contributed by atoms with Gasteiger partial charge in [0.25, 0.3) is 0 Å². The number of rotatable bonds is 2. The van der Waals surface area contributed by atoms with E-state index in [2.05, 4.69) is 37.3 Å². The van der Waals surface area contributed by atoms with Crippen LogP contribution in [0.2, 0.25) is 0 Å². The summed E-state index contributed by atoms with van der Waals surface area (Å²) in [4.78, 5) is 0. The van der Waals surface area contributed by atoms with E-state index in [0.29, 0.717) is 5.92 Å². The average Bonchev–Trinajstić information content (AvgIpc) is 2.61. The summed E-state index contributed by atoms with van der Waals surface area (Å²) in [6.07, 6.45) is 1.07. The molecule has 88 valence electrons. The fraction of sp³-hybridized carbons (Fsp3) is 0.333. The Balaban J connectivity index is 1.88. The van der Waals surface area contributed by atoms with Crippen molar-refractivity contribution in [2.75, 3.05) is 0 Å². The van der Waals surface area contributed by atoms with E-state index in [0.717, 1.165) is 17.9 Å². The summed E-state index contributed by atoms with van der Waals surface area (Å²) >= 11 is 0. The topological polar surface area (TPSA) is 39.2 Å². The smallest absolute Gasteiger partial charge is 0.121 e. The highest BCUT2D eigenvalue weighted by molar-refractivity contribution is 5.42. The molecule has 2 unspecified atom stereocenters. The second kappa shape index (κ2) is 3.74. The number of furan rings is 1. The summed E-state index contributed by atoms with van der Waals surface area (Å²) in [5.74, 6) is 2.30. The van der Waals surface area contributed by atoms with Gasteiger partial charge in [-0.3, -0.25) is 0 Å². The fourth-order valence-electron chi connectivity index (χ4n) is 2.58. The molecule has 2 atom stereocenters. The highest BCUT2D eigenvalue weighted by atomic mass is 16.3. The van der Waals surface area contributed by atoms with Crippen molar-refractivity contribution in [3.63, 3.8) is 0 Å². The van der Waals surface area contributed by atoms with E-state index in [-0.39, 0.29) is 6.04 Å². The third kappa shape index (κ3) is 1.60. The molecule has 2 nitrogen and oxygen atoms in total.